The van der Waals surface area contributed by atoms with E-state index in [2.05, 4.69) is 12.6 Å². The van der Waals surface area contributed by atoms with E-state index in [0.29, 0.717) is 6.54 Å². The van der Waals surface area contributed by atoms with E-state index < -0.39 is 10.4 Å². The SMILES string of the molecule is O=c1ccn(CC2(CS)CC2)cc1[N+](=O)[O-]. The van der Waals surface area contributed by atoms with Gasteiger partial charge in [0.05, 0.1) is 11.1 Å². The second kappa shape index (κ2) is 3.93. The van der Waals surface area contributed by atoms with Crippen LogP contribution in [0, 0.1) is 15.5 Å². The second-order valence-corrected chi connectivity index (χ2v) is 4.60. The molecular formula is C10H12N2O3S. The first-order valence-corrected chi connectivity index (χ1v) is 5.65. The minimum Gasteiger partial charge on any atom is -0.347 e. The molecule has 1 aliphatic rings. The lowest BCUT2D eigenvalue weighted by Crippen LogP contribution is -2.16. The summed E-state index contributed by atoms with van der Waals surface area (Å²) >= 11 is 4.27. The molecule has 0 bridgehead atoms. The highest BCUT2D eigenvalue weighted by molar-refractivity contribution is 7.80. The zero-order valence-corrected chi connectivity index (χ0v) is 9.52. The highest BCUT2D eigenvalue weighted by Gasteiger charge is 2.41. The van der Waals surface area contributed by atoms with Gasteiger partial charge >= 0.3 is 5.69 Å². The minimum absolute atomic E-state index is 0.173. The van der Waals surface area contributed by atoms with E-state index in [9.17, 15) is 14.9 Å². The minimum atomic E-state index is -0.640. The summed E-state index contributed by atoms with van der Waals surface area (Å²) in [7, 11) is 0. The number of aromatic nitrogens is 1. The molecule has 16 heavy (non-hydrogen) atoms. The molecule has 1 heterocycles. The van der Waals surface area contributed by atoms with Crippen molar-refractivity contribution in [1.82, 2.24) is 4.57 Å². The third kappa shape index (κ3) is 2.11. The lowest BCUT2D eigenvalue weighted by molar-refractivity contribution is -0.386. The van der Waals surface area contributed by atoms with Crippen LogP contribution in [0.3, 0.4) is 0 Å². The van der Waals surface area contributed by atoms with Crippen molar-refractivity contribution in [2.75, 3.05) is 5.75 Å². The number of pyridine rings is 1. The van der Waals surface area contributed by atoms with Crippen LogP contribution in [0.15, 0.2) is 23.3 Å². The molecule has 0 unspecified atom stereocenters. The largest absolute Gasteiger partial charge is 0.347 e. The Balaban J connectivity index is 2.26. The van der Waals surface area contributed by atoms with E-state index in [1.807, 2.05) is 0 Å². The highest BCUT2D eigenvalue weighted by atomic mass is 32.1. The van der Waals surface area contributed by atoms with E-state index in [1.54, 1.807) is 10.8 Å². The molecule has 86 valence electrons. The molecular weight excluding hydrogens is 228 g/mol. The summed E-state index contributed by atoms with van der Waals surface area (Å²) in [6, 6.07) is 1.24. The van der Waals surface area contributed by atoms with E-state index >= 15 is 0 Å². The van der Waals surface area contributed by atoms with Gasteiger partial charge in [-0.25, -0.2) is 0 Å². The van der Waals surface area contributed by atoms with Crippen molar-refractivity contribution in [3.8, 4) is 0 Å². The Morgan fingerprint density at radius 3 is 2.75 bits per heavy atom. The molecule has 0 amide bonds. The zero-order valence-electron chi connectivity index (χ0n) is 8.63. The van der Waals surface area contributed by atoms with E-state index in [1.165, 1.54) is 12.3 Å². The summed E-state index contributed by atoms with van der Waals surface area (Å²) in [5, 5.41) is 10.6. The van der Waals surface area contributed by atoms with Crippen molar-refractivity contribution in [2.45, 2.75) is 19.4 Å². The number of rotatable bonds is 4. The Bertz CT molecular complexity index is 479. The summed E-state index contributed by atoms with van der Waals surface area (Å²) in [5.74, 6) is 0.771. The standard InChI is InChI=1S/C10H12N2O3S/c13-9-1-4-11(5-8(9)12(14)15)6-10(7-16)2-3-10/h1,4-5,16H,2-3,6-7H2. The van der Waals surface area contributed by atoms with Crippen LogP contribution in [-0.4, -0.2) is 15.2 Å². The van der Waals surface area contributed by atoms with Crippen molar-refractivity contribution in [3.05, 3.63) is 38.8 Å². The van der Waals surface area contributed by atoms with Crippen LogP contribution in [0.4, 0.5) is 5.69 Å². The summed E-state index contributed by atoms with van der Waals surface area (Å²) in [4.78, 5) is 21.2. The fraction of sp³-hybridized carbons (Fsp3) is 0.500. The average molecular weight is 240 g/mol. The maximum atomic E-state index is 11.2. The predicted molar refractivity (Wildman–Crippen MR) is 62.9 cm³/mol. The molecule has 6 heteroatoms. The van der Waals surface area contributed by atoms with Crippen LogP contribution in [0.2, 0.25) is 0 Å². The molecule has 1 fully saturated rings. The van der Waals surface area contributed by atoms with Gasteiger partial charge in [-0.2, -0.15) is 12.6 Å². The molecule has 0 aliphatic heterocycles. The summed E-state index contributed by atoms with van der Waals surface area (Å²) in [5.41, 5.74) is -0.735. The van der Waals surface area contributed by atoms with Crippen LogP contribution in [-0.2, 0) is 6.54 Å². The average Bonchev–Trinajstić information content (AvgIpc) is 3.01. The van der Waals surface area contributed by atoms with Gasteiger partial charge in [-0.05, 0) is 24.0 Å². The molecule has 0 saturated heterocycles. The molecule has 1 aromatic heterocycles. The van der Waals surface area contributed by atoms with Gasteiger partial charge in [0.25, 0.3) is 5.43 Å². The van der Waals surface area contributed by atoms with Gasteiger partial charge in [-0.15, -0.1) is 0 Å². The number of nitro groups is 1. The first-order valence-electron chi connectivity index (χ1n) is 5.02. The molecule has 5 nitrogen and oxygen atoms in total. The second-order valence-electron chi connectivity index (χ2n) is 4.28. The van der Waals surface area contributed by atoms with E-state index in [4.69, 9.17) is 0 Å². The monoisotopic (exact) mass is 240 g/mol. The third-order valence-corrected chi connectivity index (χ3v) is 3.64. The first-order chi connectivity index (χ1) is 7.56. The van der Waals surface area contributed by atoms with Gasteiger partial charge in [-0.3, -0.25) is 14.9 Å². The molecule has 0 aromatic carbocycles. The van der Waals surface area contributed by atoms with Gasteiger partial charge < -0.3 is 4.57 Å². The van der Waals surface area contributed by atoms with E-state index in [-0.39, 0.29) is 11.1 Å². The molecule has 1 saturated carbocycles. The van der Waals surface area contributed by atoms with Crippen molar-refractivity contribution in [1.29, 1.82) is 0 Å². The lowest BCUT2D eigenvalue weighted by Gasteiger charge is -2.13. The summed E-state index contributed by atoms with van der Waals surface area (Å²) < 4.78 is 1.71. The zero-order chi connectivity index (χ0) is 11.8. The smallest absolute Gasteiger partial charge is 0.332 e. The van der Waals surface area contributed by atoms with Crippen LogP contribution >= 0.6 is 12.6 Å². The maximum absolute atomic E-state index is 11.2. The van der Waals surface area contributed by atoms with Crippen LogP contribution in [0.25, 0.3) is 0 Å². The fourth-order valence-electron chi connectivity index (χ4n) is 1.68. The topological polar surface area (TPSA) is 65.1 Å². The molecule has 1 aliphatic carbocycles. The maximum Gasteiger partial charge on any atom is 0.332 e. The molecule has 0 N–H and O–H groups in total. The van der Waals surface area contributed by atoms with Crippen LogP contribution in [0.1, 0.15) is 12.8 Å². The summed E-state index contributed by atoms with van der Waals surface area (Å²) in [6.07, 6.45) is 5.09. The van der Waals surface area contributed by atoms with Gasteiger partial charge in [-0.1, -0.05) is 0 Å². The van der Waals surface area contributed by atoms with E-state index in [0.717, 1.165) is 18.6 Å². The Hall–Kier alpha value is -1.30. The molecule has 2 rings (SSSR count). The van der Waals surface area contributed by atoms with Crippen molar-refractivity contribution >= 4 is 18.3 Å². The summed E-state index contributed by atoms with van der Waals surface area (Å²) in [6.45, 7) is 0.692. The Morgan fingerprint density at radius 1 is 1.56 bits per heavy atom. The number of thiol groups is 1. The highest BCUT2D eigenvalue weighted by Crippen LogP contribution is 2.47. The quantitative estimate of drug-likeness (QED) is 0.492. The fourth-order valence-corrected chi connectivity index (χ4v) is 2.09. The predicted octanol–water partition coefficient (Wildman–Crippen LogP) is 1.47. The van der Waals surface area contributed by atoms with Gasteiger partial charge in [0, 0.05) is 18.8 Å². The number of hydrogen-bond acceptors (Lipinski definition) is 4. The normalized spacial score (nSPS) is 17.1. The van der Waals surface area contributed by atoms with Gasteiger partial charge in [0.1, 0.15) is 0 Å². The van der Waals surface area contributed by atoms with Crippen molar-refractivity contribution in [3.63, 3.8) is 0 Å². The lowest BCUT2D eigenvalue weighted by atomic mass is 10.1. The van der Waals surface area contributed by atoms with Crippen molar-refractivity contribution < 1.29 is 4.92 Å². The van der Waals surface area contributed by atoms with Gasteiger partial charge in [0.2, 0.25) is 0 Å². The first kappa shape index (κ1) is 11.2. The molecule has 0 atom stereocenters. The Morgan fingerprint density at radius 2 is 2.25 bits per heavy atom. The Labute approximate surface area is 97.6 Å². The van der Waals surface area contributed by atoms with Crippen molar-refractivity contribution in [2.24, 2.45) is 5.41 Å². The molecule has 1 aromatic rings. The third-order valence-electron chi connectivity index (χ3n) is 2.97. The van der Waals surface area contributed by atoms with Crippen LogP contribution in [0.5, 0.6) is 0 Å². The van der Waals surface area contributed by atoms with Gasteiger partial charge in [0.15, 0.2) is 0 Å². The molecule has 0 radical (unpaired) electrons. The number of hydrogen-bond donors (Lipinski definition) is 1. The molecule has 0 spiro atoms. The number of nitrogens with zero attached hydrogens (tertiary/aromatic N) is 2. The Kier molecular flexibility index (Phi) is 2.75. The van der Waals surface area contributed by atoms with Crippen LogP contribution < -0.4 is 5.43 Å².